The van der Waals surface area contributed by atoms with E-state index in [1.165, 1.54) is 23.1 Å². The largest absolute Gasteiger partial charge is 0.417 e. The molecule has 1 aromatic carbocycles. The molecule has 158 valence electrons. The molecule has 3 fully saturated rings. The minimum absolute atomic E-state index is 0.00680. The molecule has 1 aromatic rings. The van der Waals surface area contributed by atoms with Crippen molar-refractivity contribution in [3.8, 4) is 0 Å². The van der Waals surface area contributed by atoms with Crippen LogP contribution in [0.2, 0.25) is 0 Å². The topological polar surface area (TPSA) is 58.6 Å². The number of alkyl halides is 3. The number of carbonyl (C=O) groups excluding carboxylic acids is 2. The van der Waals surface area contributed by atoms with Crippen molar-refractivity contribution in [3.63, 3.8) is 0 Å². The fourth-order valence-corrected chi connectivity index (χ4v) is 4.35. The van der Waals surface area contributed by atoms with Gasteiger partial charge >= 0.3 is 6.18 Å². The number of nitrogens with zero attached hydrogens (tertiary/aromatic N) is 1. The molecule has 1 spiro atoms. The van der Waals surface area contributed by atoms with Gasteiger partial charge in [-0.1, -0.05) is 19.1 Å². The Hall–Kier alpha value is -2.09. The minimum atomic E-state index is -4.66. The van der Waals surface area contributed by atoms with Gasteiger partial charge in [-0.15, -0.1) is 0 Å². The van der Waals surface area contributed by atoms with E-state index in [1.807, 2.05) is 0 Å². The lowest BCUT2D eigenvalue weighted by Gasteiger charge is -2.43. The molecule has 8 heteroatoms. The molecule has 4 rings (SSSR count). The molecule has 2 aliphatic carbocycles. The van der Waals surface area contributed by atoms with Gasteiger partial charge in [-0.2, -0.15) is 13.2 Å². The maximum atomic E-state index is 13.5. The number of halogens is 3. The van der Waals surface area contributed by atoms with Gasteiger partial charge in [0.05, 0.1) is 17.7 Å². The molecule has 0 bridgehead atoms. The quantitative estimate of drug-likeness (QED) is 0.826. The molecule has 1 unspecified atom stereocenters. The summed E-state index contributed by atoms with van der Waals surface area (Å²) in [5, 5.41) is 2.87. The number of carbonyl (C=O) groups is 2. The monoisotopic (exact) mass is 410 g/mol. The average molecular weight is 410 g/mol. The smallest absolute Gasteiger partial charge is 0.353 e. The van der Waals surface area contributed by atoms with Crippen LogP contribution in [0.3, 0.4) is 0 Å². The Morgan fingerprint density at radius 1 is 1.14 bits per heavy atom. The standard InChI is InChI=1S/C21H25F3N2O3/c1-13-8-10-20(11-9-13)26(17(12-29-20)18(27)25-14-6-7-14)19(28)15-4-2-3-5-16(15)21(22,23)24/h2-5,13-14,17H,6-12H2,1H3,(H,25,27). The number of amides is 2. The second-order valence-electron chi connectivity index (χ2n) is 8.46. The van der Waals surface area contributed by atoms with Gasteiger partial charge in [-0.05, 0) is 56.6 Å². The Balaban J connectivity index is 1.71. The van der Waals surface area contributed by atoms with E-state index in [2.05, 4.69) is 12.2 Å². The summed E-state index contributed by atoms with van der Waals surface area (Å²) in [5.41, 5.74) is -2.45. The van der Waals surface area contributed by atoms with Crippen LogP contribution in [0.4, 0.5) is 13.2 Å². The van der Waals surface area contributed by atoms with E-state index in [0.717, 1.165) is 31.7 Å². The number of nitrogens with one attached hydrogen (secondary N) is 1. The van der Waals surface area contributed by atoms with Gasteiger partial charge in [-0.3, -0.25) is 14.5 Å². The molecule has 3 aliphatic rings. The van der Waals surface area contributed by atoms with E-state index in [4.69, 9.17) is 4.74 Å². The molecule has 1 heterocycles. The minimum Gasteiger partial charge on any atom is -0.353 e. The van der Waals surface area contributed by atoms with Gasteiger partial charge in [0.1, 0.15) is 11.8 Å². The maximum Gasteiger partial charge on any atom is 0.417 e. The SMILES string of the molecule is CC1CCC2(CC1)OCC(C(=O)NC1CC1)N2C(=O)c1ccccc1C(F)(F)F. The first kappa shape index (κ1) is 20.2. The average Bonchev–Trinajstić information content (AvgIpc) is 3.42. The fourth-order valence-electron chi connectivity index (χ4n) is 4.35. The van der Waals surface area contributed by atoms with Crippen molar-refractivity contribution in [2.75, 3.05) is 6.61 Å². The zero-order chi connectivity index (χ0) is 20.8. The Kier molecular flexibility index (Phi) is 5.09. The Morgan fingerprint density at radius 2 is 1.79 bits per heavy atom. The van der Waals surface area contributed by atoms with Crippen molar-refractivity contribution in [2.24, 2.45) is 5.92 Å². The first-order chi connectivity index (χ1) is 13.7. The van der Waals surface area contributed by atoms with E-state index in [0.29, 0.717) is 18.8 Å². The second-order valence-corrected chi connectivity index (χ2v) is 8.46. The third-order valence-electron chi connectivity index (χ3n) is 6.22. The van der Waals surface area contributed by atoms with Gasteiger partial charge < -0.3 is 10.1 Å². The summed E-state index contributed by atoms with van der Waals surface area (Å²) < 4.78 is 46.6. The van der Waals surface area contributed by atoms with Crippen LogP contribution in [-0.4, -0.2) is 41.1 Å². The lowest BCUT2D eigenvalue weighted by Crippen LogP contribution is -2.57. The van der Waals surface area contributed by atoms with Crippen molar-refractivity contribution in [2.45, 2.75) is 69.4 Å². The summed E-state index contributed by atoms with van der Waals surface area (Å²) >= 11 is 0. The third kappa shape index (κ3) is 3.86. The van der Waals surface area contributed by atoms with E-state index < -0.39 is 35.0 Å². The van der Waals surface area contributed by atoms with Gasteiger partial charge in [-0.25, -0.2) is 0 Å². The molecule has 0 aromatic heterocycles. The predicted octanol–water partition coefficient (Wildman–Crippen LogP) is 3.73. The highest BCUT2D eigenvalue weighted by atomic mass is 19.4. The second kappa shape index (κ2) is 7.31. The van der Waals surface area contributed by atoms with E-state index in [-0.39, 0.29) is 18.6 Å². The number of benzene rings is 1. The van der Waals surface area contributed by atoms with Crippen molar-refractivity contribution in [1.82, 2.24) is 10.2 Å². The van der Waals surface area contributed by atoms with Gasteiger partial charge in [0, 0.05) is 6.04 Å². The molecule has 1 saturated heterocycles. The van der Waals surface area contributed by atoms with Crippen LogP contribution in [0.25, 0.3) is 0 Å². The molecule has 29 heavy (non-hydrogen) atoms. The zero-order valence-corrected chi connectivity index (χ0v) is 16.3. The van der Waals surface area contributed by atoms with Crippen LogP contribution in [0.5, 0.6) is 0 Å². The predicted molar refractivity (Wildman–Crippen MR) is 98.9 cm³/mol. The summed E-state index contributed by atoms with van der Waals surface area (Å²) in [5.74, 6) is -0.690. The van der Waals surface area contributed by atoms with Gasteiger partial charge in [0.15, 0.2) is 0 Å². The van der Waals surface area contributed by atoms with Crippen LogP contribution in [0.15, 0.2) is 24.3 Å². The van der Waals surface area contributed by atoms with Crippen LogP contribution in [0.1, 0.15) is 61.4 Å². The Labute approximate surface area is 167 Å². The summed E-state index contributed by atoms with van der Waals surface area (Å²) in [6.07, 6.45) is -0.279. The summed E-state index contributed by atoms with van der Waals surface area (Å²) in [6, 6.07) is 3.92. The molecule has 2 saturated carbocycles. The normalized spacial score (nSPS) is 29.9. The van der Waals surface area contributed by atoms with Crippen molar-refractivity contribution < 1.29 is 27.5 Å². The molecule has 1 N–H and O–H groups in total. The molecule has 0 radical (unpaired) electrons. The molecule has 2 amide bonds. The van der Waals surface area contributed by atoms with Crippen LogP contribution >= 0.6 is 0 Å². The first-order valence-electron chi connectivity index (χ1n) is 10.2. The van der Waals surface area contributed by atoms with E-state index >= 15 is 0 Å². The highest BCUT2D eigenvalue weighted by Gasteiger charge is 2.54. The summed E-state index contributed by atoms with van der Waals surface area (Å²) in [4.78, 5) is 27.6. The third-order valence-corrected chi connectivity index (χ3v) is 6.22. The molecule has 5 nitrogen and oxygen atoms in total. The highest BCUT2D eigenvalue weighted by Crippen LogP contribution is 2.44. The maximum absolute atomic E-state index is 13.5. The molecular weight excluding hydrogens is 385 g/mol. The van der Waals surface area contributed by atoms with Crippen molar-refractivity contribution >= 4 is 11.8 Å². The molecule has 1 aliphatic heterocycles. The Bertz CT molecular complexity index is 799. The molecular formula is C21H25F3N2O3. The highest BCUT2D eigenvalue weighted by molar-refractivity contribution is 5.99. The van der Waals surface area contributed by atoms with Crippen LogP contribution in [-0.2, 0) is 15.7 Å². The summed E-state index contributed by atoms with van der Waals surface area (Å²) in [6.45, 7) is 2.11. The van der Waals surface area contributed by atoms with Gasteiger partial charge in [0.25, 0.3) is 5.91 Å². The zero-order valence-electron chi connectivity index (χ0n) is 16.3. The number of rotatable bonds is 3. The molecule has 1 atom stereocenters. The van der Waals surface area contributed by atoms with Gasteiger partial charge in [0.2, 0.25) is 5.91 Å². The fraction of sp³-hybridized carbons (Fsp3) is 0.619. The van der Waals surface area contributed by atoms with Crippen LogP contribution < -0.4 is 5.32 Å². The number of ether oxygens (including phenoxy) is 1. The summed E-state index contributed by atoms with van der Waals surface area (Å²) in [7, 11) is 0. The van der Waals surface area contributed by atoms with Crippen molar-refractivity contribution in [1.29, 1.82) is 0 Å². The lowest BCUT2D eigenvalue weighted by molar-refractivity contribution is -0.138. The van der Waals surface area contributed by atoms with E-state index in [9.17, 15) is 22.8 Å². The van der Waals surface area contributed by atoms with Crippen LogP contribution in [0, 0.1) is 5.92 Å². The number of hydrogen-bond donors (Lipinski definition) is 1. The van der Waals surface area contributed by atoms with Crippen molar-refractivity contribution in [3.05, 3.63) is 35.4 Å². The van der Waals surface area contributed by atoms with E-state index in [1.54, 1.807) is 0 Å². The first-order valence-corrected chi connectivity index (χ1v) is 10.2. The Morgan fingerprint density at radius 3 is 2.41 bits per heavy atom. The lowest BCUT2D eigenvalue weighted by atomic mass is 9.83. The number of hydrogen-bond acceptors (Lipinski definition) is 3.